The Hall–Kier alpha value is -5.08. The van der Waals surface area contributed by atoms with Gasteiger partial charge in [-0.2, -0.15) is 0 Å². The number of aryl methyl sites for hydroxylation is 1. The quantitative estimate of drug-likeness (QED) is 0.0199. The highest BCUT2D eigenvalue weighted by Crippen LogP contribution is 2.53. The van der Waals surface area contributed by atoms with Crippen molar-refractivity contribution in [3.8, 4) is 0 Å². The van der Waals surface area contributed by atoms with Gasteiger partial charge in [-0.3, -0.25) is 14.4 Å². The van der Waals surface area contributed by atoms with Crippen LogP contribution < -0.4 is 43.3 Å². The summed E-state index contributed by atoms with van der Waals surface area (Å²) in [4.78, 5) is 88.4. The summed E-state index contributed by atoms with van der Waals surface area (Å²) < 4.78 is 25.3. The summed E-state index contributed by atoms with van der Waals surface area (Å²) in [5.74, 6) is -0.568. The number of nitrogens with two attached hydrogens (primary N) is 2. The second-order valence-electron chi connectivity index (χ2n) is 22.8. The van der Waals surface area contributed by atoms with Crippen LogP contribution in [0.15, 0.2) is 24.3 Å². The van der Waals surface area contributed by atoms with Crippen molar-refractivity contribution in [2.45, 2.75) is 188 Å². The van der Waals surface area contributed by atoms with Crippen LogP contribution in [0.2, 0.25) is 6.82 Å². The number of halogens is 1. The average molecular weight is 1180 g/mol. The molecule has 24 heteroatoms. The van der Waals surface area contributed by atoms with Crippen LogP contribution in [-0.2, 0) is 63.1 Å². The molecule has 1 aromatic carbocycles. The summed E-state index contributed by atoms with van der Waals surface area (Å²) in [6.45, 7) is 21.6. The van der Waals surface area contributed by atoms with E-state index in [1.165, 1.54) is 0 Å². The van der Waals surface area contributed by atoms with Gasteiger partial charge in [0, 0.05) is 31.5 Å². The van der Waals surface area contributed by atoms with E-state index in [2.05, 4.69) is 42.1 Å². The highest BCUT2D eigenvalue weighted by molar-refractivity contribution is 14.1. The van der Waals surface area contributed by atoms with Crippen molar-refractivity contribution < 1.29 is 52.5 Å². The molecule has 424 valence electrons. The van der Waals surface area contributed by atoms with E-state index in [4.69, 9.17) is 30.4 Å². The Morgan fingerprint density at radius 1 is 0.855 bits per heavy atom. The molecule has 0 spiro atoms. The molecule has 22 nitrogen and oxygen atoms in total. The zero-order valence-corrected chi connectivity index (χ0v) is 48.7. The molecule has 1 saturated carbocycles. The van der Waals surface area contributed by atoms with Crippen LogP contribution in [0.4, 0.5) is 20.1 Å². The number of rotatable bonds is 30. The molecule has 6 atom stereocenters. The third kappa shape index (κ3) is 21.7. The Balaban J connectivity index is 1.25. The third-order valence-electron chi connectivity index (χ3n) is 13.9. The van der Waals surface area contributed by atoms with Crippen LogP contribution in [0.1, 0.15) is 144 Å². The lowest BCUT2D eigenvalue weighted by atomic mass is 9.98. The van der Waals surface area contributed by atoms with Crippen molar-refractivity contribution >= 4 is 74.5 Å². The Bertz CT molecular complexity index is 2290. The fourth-order valence-electron chi connectivity index (χ4n) is 9.11. The van der Waals surface area contributed by atoms with Crippen molar-refractivity contribution in [2.75, 3.05) is 31.7 Å². The highest BCUT2D eigenvalue weighted by atomic mass is 127. The number of ketones is 1. The lowest BCUT2D eigenvalue weighted by Crippen LogP contribution is -2.54. The minimum absolute atomic E-state index is 0.0276. The number of nitrogens with zero attached hydrogens (tertiary/aromatic N) is 3. The number of anilines is 1. The smallest absolute Gasteiger partial charge is 0.408 e. The zero-order valence-electron chi connectivity index (χ0n) is 46.5. The number of carbonyl (C=O) groups is 7. The summed E-state index contributed by atoms with van der Waals surface area (Å²) in [6, 6.07) is 4.00. The third-order valence-corrected chi connectivity index (χ3v) is 14.2. The average Bonchev–Trinajstić information content (AvgIpc) is 3.80. The fraction of sp³-hybridized carbons (Fsp3) is 0.712. The van der Waals surface area contributed by atoms with Gasteiger partial charge in [0.1, 0.15) is 24.5 Å². The number of amides is 7. The highest BCUT2D eigenvalue weighted by Gasteiger charge is 2.51. The Morgan fingerprint density at radius 2 is 1.50 bits per heavy atom. The second-order valence-corrected chi connectivity index (χ2v) is 24.7. The number of primary amides is 1. The van der Waals surface area contributed by atoms with Crippen molar-refractivity contribution in [3.63, 3.8) is 0 Å². The van der Waals surface area contributed by atoms with Crippen molar-refractivity contribution in [1.82, 2.24) is 41.5 Å². The number of alkyl carbamates (subject to hydrolysis) is 1. The van der Waals surface area contributed by atoms with E-state index in [0.29, 0.717) is 68.4 Å². The minimum Gasteiger partial charge on any atom is -0.449 e. The van der Waals surface area contributed by atoms with Gasteiger partial charge in [0.05, 0.1) is 53.6 Å². The molecule has 4 rings (SSSR count). The number of hydrogen-bond donors (Lipinski definition) is 8. The van der Waals surface area contributed by atoms with Crippen molar-refractivity contribution in [3.05, 3.63) is 41.2 Å². The number of hydrogen-bond acceptors (Lipinski definition) is 14. The summed E-state index contributed by atoms with van der Waals surface area (Å²) >= 11 is 2.05. The van der Waals surface area contributed by atoms with E-state index in [-0.39, 0.29) is 60.8 Å². The molecule has 0 radical (unpaired) electrons. The van der Waals surface area contributed by atoms with E-state index in [1.807, 2.05) is 75.4 Å². The maximum Gasteiger partial charge on any atom is 0.408 e. The van der Waals surface area contributed by atoms with Crippen LogP contribution >= 0.6 is 22.4 Å². The summed E-state index contributed by atoms with van der Waals surface area (Å²) in [5.41, 5.74) is 11.9. The first-order valence-electron chi connectivity index (χ1n) is 26.5. The lowest BCUT2D eigenvalue weighted by Gasteiger charge is -2.33. The van der Waals surface area contributed by atoms with Crippen LogP contribution in [0.5, 0.6) is 0 Å². The molecule has 1 aromatic heterocycles. The Morgan fingerprint density at radius 3 is 2.13 bits per heavy atom. The molecule has 1 heterocycles. The van der Waals surface area contributed by atoms with Gasteiger partial charge in [0.25, 0.3) is 0 Å². The van der Waals surface area contributed by atoms with E-state index in [0.717, 1.165) is 37.1 Å². The standard InChI is InChI=1S/C52H85BIN11O11/c1-32(2)43(45(69)59-40(13-12-27-57-46(55)70)44(68)58-35-16-14-34(15-17-35)29-73-48(72)62-53(11)54)60-42(67)23-25-51(8,9)76-31-49(4,5)65-41-21-19-37-36(18-20-39(41)63-64-65)38(37)30-74-47(71)61-52(10,56)26-28-75-50(6,7)24-22-33(3)66/h14-17,32,36-38,40,43H,12-13,18-31,56H2,1-11H3,(H,58,68)(H,59,69)(H,60,67)(H,61,71)(H,62,72)(H3,55,57,70)/t36?,37?,38?,40-,43?,52?/m0/s1. The first-order chi connectivity index (χ1) is 35.5. The minimum atomic E-state index is -1.04. The predicted molar refractivity (Wildman–Crippen MR) is 297 cm³/mol. The number of Topliss-reactive ketones (excluding diaryl/α,β-unsaturated/α-hetero) is 1. The molecule has 76 heavy (non-hydrogen) atoms. The zero-order chi connectivity index (χ0) is 56.6. The molecular formula is C52H85BIN11O11. The maximum absolute atomic E-state index is 13.8. The lowest BCUT2D eigenvalue weighted by molar-refractivity contribution is -0.132. The summed E-state index contributed by atoms with van der Waals surface area (Å²) in [5, 5.41) is 25.6. The molecule has 7 amide bonds. The fourth-order valence-corrected chi connectivity index (χ4v) is 9.36. The molecule has 10 N–H and O–H groups in total. The van der Waals surface area contributed by atoms with E-state index in [9.17, 15) is 33.6 Å². The Labute approximate surface area is 462 Å². The maximum atomic E-state index is 13.8. The van der Waals surface area contributed by atoms with E-state index < -0.39 is 64.5 Å². The predicted octanol–water partition coefficient (Wildman–Crippen LogP) is 5.78. The number of fused-ring (bicyclic) bond motifs is 2. The van der Waals surface area contributed by atoms with Crippen LogP contribution in [0.25, 0.3) is 0 Å². The van der Waals surface area contributed by atoms with E-state index >= 15 is 0 Å². The van der Waals surface area contributed by atoms with Gasteiger partial charge in [-0.25, -0.2) is 19.1 Å². The van der Waals surface area contributed by atoms with Gasteiger partial charge in [-0.1, -0.05) is 38.0 Å². The van der Waals surface area contributed by atoms with Crippen LogP contribution in [0.3, 0.4) is 0 Å². The number of benzene rings is 1. The summed E-state index contributed by atoms with van der Waals surface area (Å²) in [6.07, 6.45) is 4.49. The molecule has 0 saturated heterocycles. The number of carbonyl (C=O) groups excluding carboxylic acids is 7. The van der Waals surface area contributed by atoms with E-state index in [1.54, 1.807) is 52.0 Å². The number of ether oxygens (including phenoxy) is 4. The largest absolute Gasteiger partial charge is 0.449 e. The Kier molecular flexibility index (Phi) is 23.8. The van der Waals surface area contributed by atoms with Gasteiger partial charge >= 0.3 is 22.9 Å². The van der Waals surface area contributed by atoms with Gasteiger partial charge in [0.15, 0.2) is 0 Å². The van der Waals surface area contributed by atoms with Gasteiger partial charge in [-0.15, -0.1) is 27.5 Å². The molecule has 2 aliphatic rings. The molecule has 0 aliphatic heterocycles. The molecule has 2 aromatic rings. The summed E-state index contributed by atoms with van der Waals surface area (Å²) in [7, 11) is 0. The van der Waals surface area contributed by atoms with Gasteiger partial charge < -0.3 is 67.0 Å². The number of aromatic nitrogens is 3. The molecule has 5 unspecified atom stereocenters. The van der Waals surface area contributed by atoms with Crippen LogP contribution in [-0.4, -0.2) is 117 Å². The first-order valence-corrected chi connectivity index (χ1v) is 27.8. The molecule has 1 fully saturated rings. The second kappa shape index (κ2) is 28.5. The van der Waals surface area contributed by atoms with Crippen molar-refractivity contribution in [1.29, 1.82) is 0 Å². The first kappa shape index (κ1) is 63.5. The van der Waals surface area contributed by atoms with Crippen LogP contribution in [0, 0.1) is 23.7 Å². The molecule has 2 aliphatic carbocycles. The number of nitrogens with one attached hydrogen (secondary N) is 6. The normalized spacial score (nSPS) is 17.9. The molecule has 0 bridgehead atoms. The van der Waals surface area contributed by atoms with Crippen molar-refractivity contribution in [2.24, 2.45) is 35.1 Å². The topological polar surface area (TPSA) is 311 Å². The monoisotopic (exact) mass is 1180 g/mol. The molecular weight excluding hydrogens is 1090 g/mol. The van der Waals surface area contributed by atoms with Gasteiger partial charge in [-0.05, 0) is 148 Å². The number of urea groups is 1. The SMILES string of the molecule is CB(I)NC(=O)OCc1ccc(NC(=O)[C@H](CCCNC(N)=O)NC(=O)C(NC(=O)CCC(C)(C)OCC(C)(C)n2nnc3c2CCC2C(CC3)C2COC(=O)NC(C)(N)CCOC(C)(C)CCC(C)=O)C(C)C)cc1. The van der Waals surface area contributed by atoms with Gasteiger partial charge in [0.2, 0.25) is 17.7 Å².